The predicted molar refractivity (Wildman–Crippen MR) is 75.2 cm³/mol. The maximum Gasteiger partial charge on any atom is 0.251 e. The van der Waals surface area contributed by atoms with Crippen LogP contribution in [0.15, 0.2) is 42.5 Å². The Morgan fingerprint density at radius 2 is 2.05 bits per heavy atom. The van der Waals surface area contributed by atoms with Gasteiger partial charge < -0.3 is 15.7 Å². The van der Waals surface area contributed by atoms with Crippen LogP contribution in [-0.4, -0.2) is 18.1 Å². The standard InChI is InChI=1S/C15H15FN2O2/c1-17-15(20)11-3-2-4-13(7-11)18-9-10-5-12(16)8-14(19)6-10/h2-8,18-19H,9H2,1H3,(H,17,20). The molecule has 2 aromatic rings. The van der Waals surface area contributed by atoms with Crippen molar-refractivity contribution in [2.75, 3.05) is 12.4 Å². The first kappa shape index (κ1) is 13.9. The monoisotopic (exact) mass is 274 g/mol. The number of anilines is 1. The van der Waals surface area contributed by atoms with Gasteiger partial charge in [0.2, 0.25) is 0 Å². The number of hydrogen-bond donors (Lipinski definition) is 3. The fraction of sp³-hybridized carbons (Fsp3) is 0.133. The number of phenols is 1. The Balaban J connectivity index is 2.09. The molecule has 3 N–H and O–H groups in total. The Bertz CT molecular complexity index is 609. The molecule has 0 radical (unpaired) electrons. The summed E-state index contributed by atoms with van der Waals surface area (Å²) in [7, 11) is 1.57. The summed E-state index contributed by atoms with van der Waals surface area (Å²) in [6.45, 7) is 0.350. The van der Waals surface area contributed by atoms with E-state index in [0.717, 1.165) is 11.8 Å². The molecule has 0 aliphatic carbocycles. The number of nitrogens with one attached hydrogen (secondary N) is 2. The normalized spacial score (nSPS) is 10.1. The van der Waals surface area contributed by atoms with Crippen LogP contribution < -0.4 is 10.6 Å². The molecule has 0 aliphatic rings. The van der Waals surface area contributed by atoms with E-state index in [1.54, 1.807) is 25.2 Å². The summed E-state index contributed by atoms with van der Waals surface area (Å²) in [5.74, 6) is -0.765. The van der Waals surface area contributed by atoms with Gasteiger partial charge in [0, 0.05) is 30.9 Å². The topological polar surface area (TPSA) is 61.4 Å². The third kappa shape index (κ3) is 3.47. The SMILES string of the molecule is CNC(=O)c1cccc(NCc2cc(O)cc(F)c2)c1. The summed E-state index contributed by atoms with van der Waals surface area (Å²) in [6.07, 6.45) is 0. The van der Waals surface area contributed by atoms with Crippen molar-refractivity contribution in [1.29, 1.82) is 0 Å². The smallest absolute Gasteiger partial charge is 0.251 e. The van der Waals surface area contributed by atoms with Crippen LogP contribution in [0, 0.1) is 5.82 Å². The average molecular weight is 274 g/mol. The number of halogens is 1. The lowest BCUT2D eigenvalue weighted by molar-refractivity contribution is 0.0963. The molecule has 5 heteroatoms. The molecule has 1 amide bonds. The van der Waals surface area contributed by atoms with Gasteiger partial charge in [0.1, 0.15) is 11.6 Å². The molecule has 104 valence electrons. The lowest BCUT2D eigenvalue weighted by Crippen LogP contribution is -2.17. The minimum absolute atomic E-state index is 0.110. The van der Waals surface area contributed by atoms with Crippen molar-refractivity contribution >= 4 is 11.6 Å². The average Bonchev–Trinajstić information content (AvgIpc) is 2.43. The highest BCUT2D eigenvalue weighted by atomic mass is 19.1. The van der Waals surface area contributed by atoms with Gasteiger partial charge in [-0.2, -0.15) is 0 Å². The summed E-state index contributed by atoms with van der Waals surface area (Å²) in [5.41, 5.74) is 1.90. The number of carbonyl (C=O) groups excluding carboxylic acids is 1. The zero-order chi connectivity index (χ0) is 14.5. The van der Waals surface area contributed by atoms with Crippen LogP contribution in [0.2, 0.25) is 0 Å². The molecule has 2 aromatic carbocycles. The van der Waals surface area contributed by atoms with Crippen LogP contribution in [0.3, 0.4) is 0 Å². The zero-order valence-electron chi connectivity index (χ0n) is 11.0. The van der Waals surface area contributed by atoms with Gasteiger partial charge in [-0.15, -0.1) is 0 Å². The Morgan fingerprint density at radius 3 is 2.75 bits per heavy atom. The van der Waals surface area contributed by atoms with E-state index in [0.29, 0.717) is 17.7 Å². The van der Waals surface area contributed by atoms with Gasteiger partial charge in [-0.1, -0.05) is 6.07 Å². The van der Waals surface area contributed by atoms with Gasteiger partial charge in [-0.3, -0.25) is 4.79 Å². The number of phenolic OH excluding ortho intramolecular Hbond substituents is 1. The van der Waals surface area contributed by atoms with Crippen LogP contribution in [0.4, 0.5) is 10.1 Å². The predicted octanol–water partition coefficient (Wildman–Crippen LogP) is 2.50. The quantitative estimate of drug-likeness (QED) is 0.802. The van der Waals surface area contributed by atoms with Crippen LogP contribution in [0.5, 0.6) is 5.75 Å². The van der Waals surface area contributed by atoms with E-state index in [-0.39, 0.29) is 11.7 Å². The van der Waals surface area contributed by atoms with E-state index in [2.05, 4.69) is 10.6 Å². The number of benzene rings is 2. The molecule has 2 rings (SSSR count). The number of amides is 1. The van der Waals surface area contributed by atoms with E-state index in [1.165, 1.54) is 12.1 Å². The molecular weight excluding hydrogens is 259 g/mol. The number of carbonyl (C=O) groups is 1. The van der Waals surface area contributed by atoms with Crippen LogP contribution in [-0.2, 0) is 6.54 Å². The fourth-order valence-corrected chi connectivity index (χ4v) is 1.85. The Morgan fingerprint density at radius 1 is 1.25 bits per heavy atom. The molecule has 0 fully saturated rings. The van der Waals surface area contributed by atoms with Crippen molar-refractivity contribution in [1.82, 2.24) is 5.32 Å². The summed E-state index contributed by atoms with van der Waals surface area (Å²) in [4.78, 5) is 11.5. The molecular formula is C15H15FN2O2. The molecule has 0 aromatic heterocycles. The second kappa shape index (κ2) is 6.06. The molecule has 20 heavy (non-hydrogen) atoms. The Labute approximate surface area is 116 Å². The molecule has 0 saturated heterocycles. The second-order valence-corrected chi connectivity index (χ2v) is 4.33. The van der Waals surface area contributed by atoms with Gasteiger partial charge in [0.25, 0.3) is 5.91 Å². The van der Waals surface area contributed by atoms with E-state index in [1.807, 2.05) is 6.07 Å². The molecule has 0 aliphatic heterocycles. The maximum atomic E-state index is 13.1. The third-order valence-corrected chi connectivity index (χ3v) is 2.79. The zero-order valence-corrected chi connectivity index (χ0v) is 11.0. The molecule has 0 bridgehead atoms. The molecule has 4 nitrogen and oxygen atoms in total. The number of rotatable bonds is 4. The van der Waals surface area contributed by atoms with Crippen molar-refractivity contribution < 1.29 is 14.3 Å². The highest BCUT2D eigenvalue weighted by Crippen LogP contribution is 2.17. The van der Waals surface area contributed by atoms with Crippen molar-refractivity contribution in [3.63, 3.8) is 0 Å². The number of aromatic hydroxyl groups is 1. The summed E-state index contributed by atoms with van der Waals surface area (Å²) < 4.78 is 13.1. The molecule has 0 unspecified atom stereocenters. The molecule has 0 saturated carbocycles. The van der Waals surface area contributed by atoms with Gasteiger partial charge in [0.15, 0.2) is 0 Å². The largest absolute Gasteiger partial charge is 0.508 e. The van der Waals surface area contributed by atoms with Gasteiger partial charge in [-0.25, -0.2) is 4.39 Å². The van der Waals surface area contributed by atoms with Gasteiger partial charge in [-0.05, 0) is 35.9 Å². The van der Waals surface area contributed by atoms with E-state index in [9.17, 15) is 14.3 Å². The Hall–Kier alpha value is -2.56. The fourth-order valence-electron chi connectivity index (χ4n) is 1.85. The highest BCUT2D eigenvalue weighted by molar-refractivity contribution is 5.94. The lowest BCUT2D eigenvalue weighted by Gasteiger charge is -2.08. The summed E-state index contributed by atoms with van der Waals surface area (Å²) in [5, 5.41) is 14.9. The summed E-state index contributed by atoms with van der Waals surface area (Å²) in [6, 6.07) is 10.9. The van der Waals surface area contributed by atoms with Crippen LogP contribution >= 0.6 is 0 Å². The maximum absolute atomic E-state index is 13.1. The first-order valence-electron chi connectivity index (χ1n) is 6.13. The van der Waals surface area contributed by atoms with Gasteiger partial charge in [0.05, 0.1) is 0 Å². The molecule has 0 atom stereocenters. The first-order chi connectivity index (χ1) is 9.58. The van der Waals surface area contributed by atoms with Crippen molar-refractivity contribution in [2.24, 2.45) is 0 Å². The number of hydrogen-bond acceptors (Lipinski definition) is 3. The van der Waals surface area contributed by atoms with Crippen molar-refractivity contribution in [2.45, 2.75) is 6.54 Å². The summed E-state index contributed by atoms with van der Waals surface area (Å²) >= 11 is 0. The van der Waals surface area contributed by atoms with E-state index in [4.69, 9.17) is 0 Å². The third-order valence-electron chi connectivity index (χ3n) is 2.79. The lowest BCUT2D eigenvalue weighted by atomic mass is 10.1. The van der Waals surface area contributed by atoms with Crippen LogP contribution in [0.25, 0.3) is 0 Å². The molecule has 0 heterocycles. The Kier molecular flexibility index (Phi) is 4.20. The van der Waals surface area contributed by atoms with E-state index >= 15 is 0 Å². The van der Waals surface area contributed by atoms with Crippen LogP contribution in [0.1, 0.15) is 15.9 Å². The first-order valence-corrected chi connectivity index (χ1v) is 6.13. The minimum Gasteiger partial charge on any atom is -0.508 e. The van der Waals surface area contributed by atoms with Crippen molar-refractivity contribution in [3.8, 4) is 5.75 Å². The molecule has 0 spiro atoms. The highest BCUT2D eigenvalue weighted by Gasteiger charge is 2.04. The van der Waals surface area contributed by atoms with E-state index < -0.39 is 5.82 Å². The minimum atomic E-state index is -0.485. The van der Waals surface area contributed by atoms with Crippen molar-refractivity contribution in [3.05, 3.63) is 59.4 Å². The second-order valence-electron chi connectivity index (χ2n) is 4.33. The van der Waals surface area contributed by atoms with Gasteiger partial charge >= 0.3 is 0 Å².